The van der Waals surface area contributed by atoms with Crippen LogP contribution in [0.15, 0.2) is 34.9 Å². The highest BCUT2D eigenvalue weighted by Crippen LogP contribution is 2.31. The van der Waals surface area contributed by atoms with Crippen LogP contribution < -0.4 is 15.4 Å². The van der Waals surface area contributed by atoms with Crippen LogP contribution in [-0.2, 0) is 15.8 Å². The summed E-state index contributed by atoms with van der Waals surface area (Å²) in [5.41, 5.74) is -0.860. The van der Waals surface area contributed by atoms with E-state index >= 15 is 0 Å². The van der Waals surface area contributed by atoms with Gasteiger partial charge in [0.05, 0.1) is 16.6 Å². The van der Waals surface area contributed by atoms with Gasteiger partial charge in [0.25, 0.3) is 0 Å². The fraction of sp³-hybridized carbons (Fsp3) is 0.421. The summed E-state index contributed by atoms with van der Waals surface area (Å²) in [6.07, 6.45) is -5.62. The lowest BCUT2D eigenvalue weighted by atomic mass is 10.2. The molecule has 0 aliphatic carbocycles. The molecule has 0 saturated heterocycles. The van der Waals surface area contributed by atoms with Crippen LogP contribution in [-0.4, -0.2) is 52.3 Å². The number of aromatic nitrogens is 1. The number of amides is 2. The van der Waals surface area contributed by atoms with Gasteiger partial charge in [0.2, 0.25) is 11.8 Å². The lowest BCUT2D eigenvalue weighted by molar-refractivity contribution is -0.137. The molecule has 170 valence electrons. The molecule has 0 radical (unpaired) electrons. The number of thioether (sulfide) groups is 1. The molecule has 1 aromatic carbocycles. The Morgan fingerprint density at radius 2 is 2.06 bits per heavy atom. The number of benzene rings is 1. The molecule has 0 aliphatic heterocycles. The number of alkyl halides is 3. The summed E-state index contributed by atoms with van der Waals surface area (Å²) in [7, 11) is 0. The first kappa shape index (κ1) is 24.5. The number of carbonyl (C=O) groups excluding carboxylic acids is 2. The Kier molecular flexibility index (Phi) is 8.75. The molecule has 1 aromatic heterocycles. The van der Waals surface area contributed by atoms with Crippen LogP contribution >= 0.6 is 11.8 Å². The van der Waals surface area contributed by atoms with E-state index in [1.807, 2.05) is 0 Å². The van der Waals surface area contributed by atoms with Crippen molar-refractivity contribution >= 4 is 29.4 Å². The Morgan fingerprint density at radius 3 is 2.71 bits per heavy atom. The minimum absolute atomic E-state index is 0.0341. The van der Waals surface area contributed by atoms with Crippen molar-refractivity contribution in [3.8, 4) is 5.75 Å². The quantitative estimate of drug-likeness (QED) is 0.498. The van der Waals surface area contributed by atoms with Crippen LogP contribution in [0.5, 0.6) is 5.75 Å². The van der Waals surface area contributed by atoms with Crippen LogP contribution in [0.25, 0.3) is 0 Å². The maximum atomic E-state index is 12.7. The number of nitrogens with zero attached hydrogens (tertiary/aromatic N) is 1. The van der Waals surface area contributed by atoms with Crippen molar-refractivity contribution in [1.29, 1.82) is 0 Å². The summed E-state index contributed by atoms with van der Waals surface area (Å²) >= 11 is 1.08. The highest BCUT2D eigenvalue weighted by molar-refractivity contribution is 8.01. The first-order valence-electron chi connectivity index (χ1n) is 9.15. The number of rotatable bonds is 10. The molecule has 2 unspecified atom stereocenters. The predicted octanol–water partition coefficient (Wildman–Crippen LogP) is 2.62. The van der Waals surface area contributed by atoms with Gasteiger partial charge in [-0.3, -0.25) is 9.59 Å². The normalized spacial score (nSPS) is 13.4. The van der Waals surface area contributed by atoms with Crippen LogP contribution in [0, 0.1) is 6.92 Å². The van der Waals surface area contributed by atoms with E-state index in [-0.39, 0.29) is 36.4 Å². The van der Waals surface area contributed by atoms with Crippen LogP contribution in [0.1, 0.15) is 18.2 Å². The smallest absolute Gasteiger partial charge is 0.416 e. The summed E-state index contributed by atoms with van der Waals surface area (Å²) < 4.78 is 48.0. The SMILES string of the molecule is Cc1cc(NC(=O)C(C)SCC(=O)NCC(O)COc2cccc(C(F)(F)F)c2)no1. The van der Waals surface area contributed by atoms with Crippen molar-refractivity contribution in [3.05, 3.63) is 41.7 Å². The molecule has 31 heavy (non-hydrogen) atoms. The Balaban J connectivity index is 1.67. The molecule has 2 atom stereocenters. The van der Waals surface area contributed by atoms with Gasteiger partial charge >= 0.3 is 6.18 Å². The molecule has 1 heterocycles. The second kappa shape index (κ2) is 11.0. The van der Waals surface area contributed by atoms with Gasteiger partial charge in [-0.15, -0.1) is 11.8 Å². The van der Waals surface area contributed by atoms with Gasteiger partial charge < -0.3 is 25.0 Å². The number of carbonyl (C=O) groups is 2. The van der Waals surface area contributed by atoms with Crippen molar-refractivity contribution < 1.29 is 37.1 Å². The summed E-state index contributed by atoms with van der Waals surface area (Å²) in [5, 5.41) is 18.0. The Hall–Kier alpha value is -2.73. The van der Waals surface area contributed by atoms with Gasteiger partial charge in [-0.25, -0.2) is 0 Å². The summed E-state index contributed by atoms with van der Waals surface area (Å²) in [5.74, 6) is -0.0133. The maximum Gasteiger partial charge on any atom is 0.416 e. The fourth-order valence-corrected chi connectivity index (χ4v) is 2.94. The van der Waals surface area contributed by atoms with Gasteiger partial charge in [-0.1, -0.05) is 11.2 Å². The van der Waals surface area contributed by atoms with E-state index in [0.29, 0.717) is 5.76 Å². The van der Waals surface area contributed by atoms with E-state index in [0.717, 1.165) is 23.9 Å². The number of hydrogen-bond donors (Lipinski definition) is 3. The third kappa shape index (κ3) is 8.50. The van der Waals surface area contributed by atoms with E-state index in [9.17, 15) is 27.9 Å². The minimum Gasteiger partial charge on any atom is -0.491 e. The number of nitrogens with one attached hydrogen (secondary N) is 2. The molecule has 3 N–H and O–H groups in total. The molecule has 2 rings (SSSR count). The first-order valence-corrected chi connectivity index (χ1v) is 10.2. The molecule has 0 saturated carbocycles. The predicted molar refractivity (Wildman–Crippen MR) is 108 cm³/mol. The third-order valence-electron chi connectivity index (χ3n) is 3.85. The number of halogens is 3. The van der Waals surface area contributed by atoms with Gasteiger partial charge in [0.15, 0.2) is 5.82 Å². The molecule has 12 heteroatoms. The molecule has 0 bridgehead atoms. The number of aliphatic hydroxyl groups excluding tert-OH is 1. The molecule has 2 aromatic rings. The highest BCUT2D eigenvalue weighted by atomic mass is 32.2. The number of aliphatic hydroxyl groups is 1. The van der Waals surface area contributed by atoms with E-state index in [1.54, 1.807) is 19.9 Å². The minimum atomic E-state index is -4.49. The molecule has 0 aliphatic rings. The van der Waals surface area contributed by atoms with Crippen molar-refractivity contribution in [2.45, 2.75) is 31.4 Å². The van der Waals surface area contributed by atoms with E-state index < -0.39 is 29.0 Å². The molecular formula is C19H22F3N3O5S. The molecular weight excluding hydrogens is 439 g/mol. The molecule has 8 nitrogen and oxygen atoms in total. The summed E-state index contributed by atoms with van der Waals surface area (Å²) in [6.45, 7) is 2.85. The van der Waals surface area contributed by atoms with Crippen LogP contribution in [0.2, 0.25) is 0 Å². The largest absolute Gasteiger partial charge is 0.491 e. The van der Waals surface area contributed by atoms with Gasteiger partial charge in [0, 0.05) is 12.6 Å². The average molecular weight is 461 g/mol. The van der Waals surface area contributed by atoms with Crippen molar-refractivity contribution in [2.24, 2.45) is 0 Å². The summed E-state index contributed by atoms with van der Waals surface area (Å²) in [4.78, 5) is 23.9. The average Bonchev–Trinajstić information content (AvgIpc) is 3.12. The number of ether oxygens (including phenoxy) is 1. The zero-order chi connectivity index (χ0) is 23.0. The monoisotopic (exact) mass is 461 g/mol. The maximum absolute atomic E-state index is 12.7. The lowest BCUT2D eigenvalue weighted by Crippen LogP contribution is -2.36. The van der Waals surface area contributed by atoms with Gasteiger partial charge in [-0.05, 0) is 32.0 Å². The van der Waals surface area contributed by atoms with Crippen LogP contribution in [0.3, 0.4) is 0 Å². The van der Waals surface area contributed by atoms with E-state index in [4.69, 9.17) is 9.26 Å². The van der Waals surface area contributed by atoms with Crippen molar-refractivity contribution in [2.75, 3.05) is 24.2 Å². The van der Waals surface area contributed by atoms with E-state index in [2.05, 4.69) is 15.8 Å². The Labute approximate surface area is 180 Å². The number of hydrogen-bond acceptors (Lipinski definition) is 7. The number of anilines is 1. The van der Waals surface area contributed by atoms with Crippen molar-refractivity contribution in [1.82, 2.24) is 10.5 Å². The molecule has 0 fully saturated rings. The van der Waals surface area contributed by atoms with Gasteiger partial charge in [-0.2, -0.15) is 13.2 Å². The summed E-state index contributed by atoms with van der Waals surface area (Å²) in [6, 6.07) is 5.84. The Morgan fingerprint density at radius 1 is 1.32 bits per heavy atom. The second-order valence-corrected chi connectivity index (χ2v) is 7.89. The number of aryl methyl sites for hydroxylation is 1. The fourth-order valence-electron chi connectivity index (χ4n) is 2.23. The first-order chi connectivity index (χ1) is 14.5. The van der Waals surface area contributed by atoms with Crippen LogP contribution in [0.4, 0.5) is 19.0 Å². The zero-order valence-corrected chi connectivity index (χ0v) is 17.5. The standard InChI is InChI=1S/C19H22F3N3O5S/c1-11-6-16(25-30-11)24-18(28)12(2)31-10-17(27)23-8-14(26)9-29-15-5-3-4-13(7-15)19(20,21)22/h3-7,12,14,26H,8-10H2,1-2H3,(H,23,27)(H,24,25,28). The highest BCUT2D eigenvalue weighted by Gasteiger charge is 2.30. The molecule has 2 amide bonds. The van der Waals surface area contributed by atoms with Gasteiger partial charge in [0.1, 0.15) is 24.2 Å². The lowest BCUT2D eigenvalue weighted by Gasteiger charge is -2.15. The molecule has 0 spiro atoms. The second-order valence-electron chi connectivity index (χ2n) is 6.56. The third-order valence-corrected chi connectivity index (χ3v) is 4.99. The Bertz CT molecular complexity index is 891. The van der Waals surface area contributed by atoms with Crippen molar-refractivity contribution in [3.63, 3.8) is 0 Å². The zero-order valence-electron chi connectivity index (χ0n) is 16.7. The van der Waals surface area contributed by atoms with E-state index in [1.165, 1.54) is 12.1 Å². The topological polar surface area (TPSA) is 114 Å².